The van der Waals surface area contributed by atoms with Crippen LogP contribution in [0.4, 0.5) is 0 Å². The van der Waals surface area contributed by atoms with Crippen LogP contribution in [0.1, 0.15) is 17.3 Å². The van der Waals surface area contributed by atoms with Crippen molar-refractivity contribution in [1.29, 1.82) is 0 Å². The first-order valence-corrected chi connectivity index (χ1v) is 5.39. The van der Waals surface area contributed by atoms with Crippen LogP contribution in [0.3, 0.4) is 0 Å². The summed E-state index contributed by atoms with van der Waals surface area (Å²) in [7, 11) is 2.91. The average Bonchev–Trinajstić information content (AvgIpc) is 2.29. The molecule has 0 saturated heterocycles. The molecule has 88 valence electrons. The normalized spacial score (nSPS) is 9.75. The van der Waals surface area contributed by atoms with E-state index < -0.39 is 5.97 Å². The predicted molar refractivity (Wildman–Crippen MR) is 61.0 cm³/mol. The number of rotatable bonds is 4. The van der Waals surface area contributed by atoms with Gasteiger partial charge in [0.15, 0.2) is 0 Å². The molecule has 0 aromatic carbocycles. The van der Waals surface area contributed by atoms with Gasteiger partial charge in [-0.1, -0.05) is 0 Å². The summed E-state index contributed by atoms with van der Waals surface area (Å²) >= 11 is 3.24. The second-order valence-corrected chi connectivity index (χ2v) is 3.61. The van der Waals surface area contributed by atoms with E-state index in [4.69, 9.17) is 14.2 Å². The Morgan fingerprint density at radius 2 is 2.00 bits per heavy atom. The highest BCUT2D eigenvalue weighted by Crippen LogP contribution is 2.29. The number of esters is 1. The van der Waals surface area contributed by atoms with Crippen molar-refractivity contribution in [3.05, 3.63) is 16.1 Å². The van der Waals surface area contributed by atoms with E-state index in [1.807, 2.05) is 0 Å². The average molecular weight is 290 g/mol. The number of ether oxygens (including phenoxy) is 3. The minimum absolute atomic E-state index is 0.179. The van der Waals surface area contributed by atoms with Gasteiger partial charge in [-0.15, -0.1) is 0 Å². The molecule has 0 aliphatic rings. The molecule has 1 aromatic heterocycles. The maximum absolute atomic E-state index is 11.6. The lowest BCUT2D eigenvalue weighted by atomic mass is 10.2. The molecule has 16 heavy (non-hydrogen) atoms. The molecule has 1 aromatic rings. The number of pyridine rings is 1. The molecule has 0 bridgehead atoms. The van der Waals surface area contributed by atoms with Gasteiger partial charge in [0.2, 0.25) is 11.8 Å². The number of hydrogen-bond acceptors (Lipinski definition) is 5. The lowest BCUT2D eigenvalue weighted by molar-refractivity contribution is 0.0521. The van der Waals surface area contributed by atoms with E-state index in [2.05, 4.69) is 20.9 Å². The van der Waals surface area contributed by atoms with E-state index >= 15 is 0 Å². The summed E-state index contributed by atoms with van der Waals surface area (Å²) in [4.78, 5) is 15.6. The molecule has 1 heterocycles. The molecule has 0 aliphatic carbocycles. The van der Waals surface area contributed by atoms with E-state index in [1.165, 1.54) is 14.2 Å². The fourth-order valence-electron chi connectivity index (χ4n) is 1.11. The van der Waals surface area contributed by atoms with Crippen molar-refractivity contribution in [1.82, 2.24) is 4.98 Å². The second kappa shape index (κ2) is 5.69. The van der Waals surface area contributed by atoms with Gasteiger partial charge in [-0.3, -0.25) is 0 Å². The van der Waals surface area contributed by atoms with Gasteiger partial charge in [0.05, 0.1) is 25.3 Å². The number of nitrogens with zero attached hydrogens (tertiary/aromatic N) is 1. The second-order valence-electron chi connectivity index (χ2n) is 2.76. The van der Waals surface area contributed by atoms with E-state index in [1.54, 1.807) is 13.0 Å². The molecule has 0 fully saturated rings. The first kappa shape index (κ1) is 12.8. The predicted octanol–water partition coefficient (Wildman–Crippen LogP) is 2.04. The molecule has 0 atom stereocenters. The highest BCUT2D eigenvalue weighted by molar-refractivity contribution is 9.10. The van der Waals surface area contributed by atoms with Crippen molar-refractivity contribution in [2.24, 2.45) is 0 Å². The Labute approximate surface area is 102 Å². The molecule has 1 rings (SSSR count). The van der Waals surface area contributed by atoms with Gasteiger partial charge < -0.3 is 14.2 Å². The van der Waals surface area contributed by atoms with Crippen molar-refractivity contribution in [2.45, 2.75) is 6.92 Å². The van der Waals surface area contributed by atoms with Crippen LogP contribution in [0.25, 0.3) is 0 Å². The van der Waals surface area contributed by atoms with Gasteiger partial charge in [-0.05, 0) is 28.9 Å². The summed E-state index contributed by atoms with van der Waals surface area (Å²) in [5.74, 6) is 0.0543. The molecule has 5 nitrogen and oxygen atoms in total. The smallest absolute Gasteiger partial charge is 0.343 e. The Hall–Kier alpha value is -1.30. The molecule has 0 aliphatic heterocycles. The topological polar surface area (TPSA) is 57.7 Å². The lowest BCUT2D eigenvalue weighted by Gasteiger charge is -2.09. The molecule has 0 unspecified atom stereocenters. The summed E-state index contributed by atoms with van der Waals surface area (Å²) in [5, 5.41) is 0. The maximum atomic E-state index is 11.6. The first-order valence-electron chi connectivity index (χ1n) is 4.59. The zero-order valence-corrected chi connectivity index (χ0v) is 10.8. The zero-order valence-electron chi connectivity index (χ0n) is 9.24. The van der Waals surface area contributed by atoms with E-state index in [0.29, 0.717) is 17.0 Å². The summed E-state index contributed by atoms with van der Waals surface area (Å²) in [5.41, 5.74) is 0.261. The number of halogens is 1. The van der Waals surface area contributed by atoms with E-state index in [0.717, 1.165) is 0 Å². The monoisotopic (exact) mass is 289 g/mol. The summed E-state index contributed by atoms with van der Waals surface area (Å²) in [6.45, 7) is 2.03. The SMILES string of the molecule is CCOC(=O)c1cc(Br)c(OC)nc1OC. The van der Waals surface area contributed by atoms with Crippen molar-refractivity contribution in [3.8, 4) is 11.8 Å². The summed E-state index contributed by atoms with van der Waals surface area (Å²) in [6, 6.07) is 1.56. The minimum atomic E-state index is -0.477. The molecule has 0 saturated carbocycles. The van der Waals surface area contributed by atoms with Crippen LogP contribution in [0.2, 0.25) is 0 Å². The van der Waals surface area contributed by atoms with Crippen molar-refractivity contribution >= 4 is 21.9 Å². The standard InChI is InChI=1S/C10H12BrNO4/c1-4-16-10(13)6-5-7(11)9(15-3)12-8(6)14-2/h5H,4H2,1-3H3. The summed E-state index contributed by atoms with van der Waals surface area (Å²) in [6.07, 6.45) is 0. The molecular formula is C10H12BrNO4. The first-order chi connectivity index (χ1) is 7.63. The Morgan fingerprint density at radius 1 is 1.38 bits per heavy atom. The Bertz CT molecular complexity index is 395. The van der Waals surface area contributed by atoms with E-state index in [-0.39, 0.29) is 11.4 Å². The van der Waals surface area contributed by atoms with Crippen molar-refractivity contribution in [2.75, 3.05) is 20.8 Å². The Kier molecular flexibility index (Phi) is 4.54. The third kappa shape index (κ3) is 2.63. The zero-order chi connectivity index (χ0) is 12.1. The molecule has 0 N–H and O–H groups in total. The highest BCUT2D eigenvalue weighted by atomic mass is 79.9. The van der Waals surface area contributed by atoms with Gasteiger partial charge in [0.25, 0.3) is 0 Å². The van der Waals surface area contributed by atoms with Gasteiger partial charge in [-0.2, -0.15) is 4.98 Å². The molecule has 0 amide bonds. The van der Waals surface area contributed by atoms with E-state index in [9.17, 15) is 4.79 Å². The van der Waals surface area contributed by atoms with Gasteiger partial charge in [0, 0.05) is 0 Å². The van der Waals surface area contributed by atoms with Crippen LogP contribution in [0, 0.1) is 0 Å². The largest absolute Gasteiger partial charge is 0.480 e. The third-order valence-corrected chi connectivity index (χ3v) is 2.36. The quantitative estimate of drug-likeness (QED) is 0.794. The number of carbonyl (C=O) groups is 1. The fourth-order valence-corrected chi connectivity index (χ4v) is 1.59. The van der Waals surface area contributed by atoms with Crippen LogP contribution in [-0.2, 0) is 4.74 Å². The Balaban J connectivity index is 3.17. The number of methoxy groups -OCH3 is 2. The van der Waals surface area contributed by atoms with Gasteiger partial charge in [-0.25, -0.2) is 4.79 Å². The van der Waals surface area contributed by atoms with Crippen molar-refractivity contribution < 1.29 is 19.0 Å². The highest BCUT2D eigenvalue weighted by Gasteiger charge is 2.18. The molecule has 6 heteroatoms. The number of hydrogen-bond donors (Lipinski definition) is 0. The van der Waals surface area contributed by atoms with Crippen LogP contribution >= 0.6 is 15.9 Å². The molecular weight excluding hydrogens is 278 g/mol. The van der Waals surface area contributed by atoms with Crippen LogP contribution in [0.15, 0.2) is 10.5 Å². The van der Waals surface area contributed by atoms with Crippen LogP contribution in [-0.4, -0.2) is 31.8 Å². The van der Waals surface area contributed by atoms with Crippen molar-refractivity contribution in [3.63, 3.8) is 0 Å². The molecule has 0 spiro atoms. The molecule has 0 radical (unpaired) electrons. The summed E-state index contributed by atoms with van der Waals surface area (Å²) < 4.78 is 15.4. The minimum Gasteiger partial charge on any atom is -0.480 e. The number of aromatic nitrogens is 1. The van der Waals surface area contributed by atoms with Crippen LogP contribution in [0.5, 0.6) is 11.8 Å². The van der Waals surface area contributed by atoms with Crippen LogP contribution < -0.4 is 9.47 Å². The van der Waals surface area contributed by atoms with Gasteiger partial charge in [0.1, 0.15) is 5.56 Å². The Morgan fingerprint density at radius 3 is 2.50 bits per heavy atom. The lowest BCUT2D eigenvalue weighted by Crippen LogP contribution is -2.08. The number of carbonyl (C=O) groups excluding carboxylic acids is 1. The maximum Gasteiger partial charge on any atom is 0.343 e. The third-order valence-electron chi connectivity index (χ3n) is 1.79. The van der Waals surface area contributed by atoms with Gasteiger partial charge >= 0.3 is 5.97 Å². The fraction of sp³-hybridized carbons (Fsp3) is 0.400.